The Kier molecular flexibility index (Phi) is 4.15. The second-order valence-electron chi connectivity index (χ2n) is 5.95. The molecule has 1 atom stereocenters. The molecule has 7 nitrogen and oxygen atoms in total. The van der Waals surface area contributed by atoms with E-state index in [0.29, 0.717) is 23.6 Å². The first kappa shape index (κ1) is 16.6. The molecule has 2 aromatic rings. The first-order valence-electron chi connectivity index (χ1n) is 8.05. The fraction of sp³-hybridized carbons (Fsp3) is 0.353. The molecule has 0 radical (unpaired) electrons. The highest BCUT2D eigenvalue weighted by Gasteiger charge is 2.43. The van der Waals surface area contributed by atoms with E-state index in [1.165, 1.54) is 12.1 Å². The number of nitrogens with zero attached hydrogens (tertiary/aromatic N) is 1. The van der Waals surface area contributed by atoms with Crippen LogP contribution in [0.5, 0.6) is 11.5 Å². The van der Waals surface area contributed by atoms with Gasteiger partial charge in [-0.2, -0.15) is 0 Å². The number of halogens is 2. The van der Waals surface area contributed by atoms with Crippen LogP contribution in [0.4, 0.5) is 14.7 Å². The highest BCUT2D eigenvalue weighted by molar-refractivity contribution is 5.82. The number of allylic oxidation sites excluding steroid dienone is 3. The number of alkyl halides is 2. The molecule has 1 aromatic heterocycles. The molecule has 1 aliphatic heterocycles. The molecule has 138 valence electrons. The van der Waals surface area contributed by atoms with E-state index in [0.717, 1.165) is 12.2 Å². The summed E-state index contributed by atoms with van der Waals surface area (Å²) in [4.78, 5) is 7.26. The second kappa shape index (κ2) is 6.49. The molecular formula is C17H17F2N3O4. The van der Waals surface area contributed by atoms with Crippen LogP contribution in [-0.4, -0.2) is 36.7 Å². The van der Waals surface area contributed by atoms with Gasteiger partial charge in [0.25, 0.3) is 0 Å². The van der Waals surface area contributed by atoms with Crippen molar-refractivity contribution in [1.29, 1.82) is 0 Å². The number of ether oxygens (including phenoxy) is 4. The van der Waals surface area contributed by atoms with Crippen LogP contribution in [0.3, 0.4) is 0 Å². The van der Waals surface area contributed by atoms with E-state index in [2.05, 4.69) is 30.8 Å². The number of fused-ring (bicyclic) bond motifs is 2. The van der Waals surface area contributed by atoms with E-state index >= 15 is 0 Å². The third-order valence-corrected chi connectivity index (χ3v) is 4.07. The molecule has 26 heavy (non-hydrogen) atoms. The number of rotatable bonds is 6. The molecule has 9 heteroatoms. The lowest BCUT2D eigenvalue weighted by Gasteiger charge is -2.17. The van der Waals surface area contributed by atoms with Crippen molar-refractivity contribution in [2.24, 2.45) is 5.92 Å². The molecule has 2 N–H and O–H groups in total. The molecule has 1 unspecified atom stereocenters. The molecular weight excluding hydrogens is 348 g/mol. The number of H-pyrrole nitrogens is 1. The third-order valence-electron chi connectivity index (χ3n) is 4.07. The lowest BCUT2D eigenvalue weighted by molar-refractivity contribution is -0.286. The minimum atomic E-state index is -3.64. The third kappa shape index (κ3) is 3.43. The molecule has 0 fully saturated rings. The van der Waals surface area contributed by atoms with E-state index in [9.17, 15) is 8.78 Å². The summed E-state index contributed by atoms with van der Waals surface area (Å²) in [5.74, 6) is 1.58. The van der Waals surface area contributed by atoms with Gasteiger partial charge in [-0.3, -0.25) is 0 Å². The van der Waals surface area contributed by atoms with Gasteiger partial charge in [0.05, 0.1) is 30.5 Å². The van der Waals surface area contributed by atoms with Gasteiger partial charge in [-0.1, -0.05) is 12.2 Å². The van der Waals surface area contributed by atoms with E-state index in [-0.39, 0.29) is 24.1 Å². The zero-order valence-electron chi connectivity index (χ0n) is 13.9. The van der Waals surface area contributed by atoms with Crippen molar-refractivity contribution in [1.82, 2.24) is 9.97 Å². The monoisotopic (exact) mass is 365 g/mol. The maximum Gasteiger partial charge on any atom is 0.586 e. The second-order valence-corrected chi connectivity index (χ2v) is 5.95. The van der Waals surface area contributed by atoms with Crippen LogP contribution in [0.2, 0.25) is 0 Å². The van der Waals surface area contributed by atoms with Crippen molar-refractivity contribution in [3.05, 3.63) is 36.1 Å². The Morgan fingerprint density at radius 1 is 1.35 bits per heavy atom. The number of nitrogens with one attached hydrogen (secondary N) is 2. The number of hydrogen-bond acceptors (Lipinski definition) is 6. The van der Waals surface area contributed by atoms with Gasteiger partial charge in [-0.25, -0.2) is 4.98 Å². The van der Waals surface area contributed by atoms with Crippen LogP contribution >= 0.6 is 0 Å². The first-order chi connectivity index (χ1) is 12.5. The number of imidazole rings is 1. The molecule has 4 rings (SSSR count). The van der Waals surface area contributed by atoms with Crippen LogP contribution in [0.1, 0.15) is 6.42 Å². The Morgan fingerprint density at radius 3 is 2.96 bits per heavy atom. The number of hydrogen-bond donors (Lipinski definition) is 2. The molecule has 2 heterocycles. The summed E-state index contributed by atoms with van der Waals surface area (Å²) in [6.45, 7) is 0.788. The Hall–Kier alpha value is -2.81. The smallest absolute Gasteiger partial charge is 0.501 e. The van der Waals surface area contributed by atoms with Crippen molar-refractivity contribution < 1.29 is 27.7 Å². The van der Waals surface area contributed by atoms with Gasteiger partial charge >= 0.3 is 6.29 Å². The summed E-state index contributed by atoms with van der Waals surface area (Å²) < 4.78 is 45.8. The van der Waals surface area contributed by atoms with Crippen molar-refractivity contribution >= 4 is 17.0 Å². The number of aromatic amines is 1. The zero-order chi connectivity index (χ0) is 18.1. The van der Waals surface area contributed by atoms with Gasteiger partial charge in [-0.05, 0) is 6.08 Å². The number of anilines is 1. The molecule has 2 aliphatic rings. The molecule has 1 aliphatic carbocycles. The highest BCUT2D eigenvalue weighted by Crippen LogP contribution is 2.42. The summed E-state index contributed by atoms with van der Waals surface area (Å²) in [5.41, 5.74) is 1.04. The lowest BCUT2D eigenvalue weighted by Crippen LogP contribution is -2.25. The molecule has 0 amide bonds. The minimum Gasteiger partial charge on any atom is -0.501 e. The summed E-state index contributed by atoms with van der Waals surface area (Å²) in [6.07, 6.45) is 3.12. The van der Waals surface area contributed by atoms with Crippen LogP contribution in [-0.2, 0) is 9.47 Å². The molecule has 0 saturated heterocycles. The van der Waals surface area contributed by atoms with Crippen molar-refractivity contribution in [3.63, 3.8) is 0 Å². The number of aromatic nitrogens is 2. The molecule has 0 spiro atoms. The lowest BCUT2D eigenvalue weighted by atomic mass is 10.0. The fourth-order valence-corrected chi connectivity index (χ4v) is 2.85. The molecule has 0 bridgehead atoms. The van der Waals surface area contributed by atoms with Crippen LogP contribution in [0.25, 0.3) is 11.0 Å². The van der Waals surface area contributed by atoms with Crippen molar-refractivity contribution in [2.75, 3.05) is 25.8 Å². The number of benzene rings is 1. The van der Waals surface area contributed by atoms with E-state index in [1.807, 2.05) is 12.2 Å². The largest absolute Gasteiger partial charge is 0.586 e. The standard InChI is InChI=1S/C17H17F2N3O4/c1-23-11-4-2-3-10(5-11)8-24-9-20-16-21-12-6-14-15(7-13(12)22-16)26-17(18,19)25-14/h2-4,6-7,10H,5,8-9H2,1H3,(H2,20,21,22). The maximum absolute atomic E-state index is 13.1. The van der Waals surface area contributed by atoms with Gasteiger partial charge in [-0.15, -0.1) is 8.78 Å². The Balaban J connectivity index is 1.32. The topological polar surface area (TPSA) is 77.6 Å². The van der Waals surface area contributed by atoms with E-state index in [1.54, 1.807) is 7.11 Å². The average molecular weight is 365 g/mol. The normalized spacial score (nSPS) is 20.3. The van der Waals surface area contributed by atoms with Crippen molar-refractivity contribution in [2.45, 2.75) is 12.7 Å². The predicted octanol–water partition coefficient (Wildman–Crippen LogP) is 3.38. The summed E-state index contributed by atoms with van der Waals surface area (Å²) >= 11 is 0. The highest BCUT2D eigenvalue weighted by atomic mass is 19.3. The van der Waals surface area contributed by atoms with Gasteiger partial charge in [0.2, 0.25) is 5.95 Å². The fourth-order valence-electron chi connectivity index (χ4n) is 2.85. The Bertz CT molecular complexity index is 833. The van der Waals surface area contributed by atoms with Crippen LogP contribution in [0, 0.1) is 5.92 Å². The summed E-state index contributed by atoms with van der Waals surface area (Å²) in [5, 5.41) is 3.00. The summed E-state index contributed by atoms with van der Waals surface area (Å²) in [6, 6.07) is 2.83. The predicted molar refractivity (Wildman–Crippen MR) is 89.1 cm³/mol. The quantitative estimate of drug-likeness (QED) is 0.604. The van der Waals surface area contributed by atoms with Gasteiger partial charge < -0.3 is 29.2 Å². The first-order valence-corrected chi connectivity index (χ1v) is 8.05. The zero-order valence-corrected chi connectivity index (χ0v) is 13.9. The maximum atomic E-state index is 13.1. The van der Waals surface area contributed by atoms with Crippen LogP contribution in [0.15, 0.2) is 36.1 Å². The molecule has 1 aromatic carbocycles. The van der Waals surface area contributed by atoms with Crippen molar-refractivity contribution in [3.8, 4) is 11.5 Å². The Labute approximate surface area is 147 Å². The van der Waals surface area contributed by atoms with Crippen LogP contribution < -0.4 is 14.8 Å². The molecule has 0 saturated carbocycles. The van der Waals surface area contributed by atoms with Gasteiger partial charge in [0, 0.05) is 24.5 Å². The van der Waals surface area contributed by atoms with E-state index in [4.69, 9.17) is 9.47 Å². The number of methoxy groups -OCH3 is 1. The van der Waals surface area contributed by atoms with E-state index < -0.39 is 6.29 Å². The summed E-state index contributed by atoms with van der Waals surface area (Å²) in [7, 11) is 1.65. The SMILES string of the molecule is COC1=CC=CC(COCNc2nc3cc4c(cc3[nH]2)OC(F)(F)O4)C1. The minimum absolute atomic E-state index is 0.0277. The Morgan fingerprint density at radius 2 is 2.15 bits per heavy atom. The van der Waals surface area contributed by atoms with Gasteiger partial charge in [0.15, 0.2) is 11.5 Å². The van der Waals surface area contributed by atoms with Gasteiger partial charge in [0.1, 0.15) is 6.73 Å². The average Bonchev–Trinajstić information content (AvgIpc) is 3.13.